The van der Waals surface area contributed by atoms with Crippen molar-refractivity contribution in [1.82, 2.24) is 19.8 Å². The van der Waals surface area contributed by atoms with Gasteiger partial charge in [0.05, 0.1) is 5.54 Å². The molecule has 0 unspecified atom stereocenters. The van der Waals surface area contributed by atoms with Crippen LogP contribution in [0.5, 0.6) is 0 Å². The molecule has 0 atom stereocenters. The Balaban J connectivity index is 1.63. The largest absolute Gasteiger partial charge is 0.319 e. The number of hydrogen-bond acceptors (Lipinski definition) is 5. The number of nitrogens with zero attached hydrogens (tertiary/aromatic N) is 4. The summed E-state index contributed by atoms with van der Waals surface area (Å²) in [5, 5.41) is 14.5. The lowest BCUT2D eigenvalue weighted by Gasteiger charge is -2.35. The van der Waals surface area contributed by atoms with Crippen molar-refractivity contribution >= 4 is 16.3 Å². The van der Waals surface area contributed by atoms with Gasteiger partial charge in [-0.3, -0.25) is 0 Å². The molecule has 0 amide bonds. The Morgan fingerprint density at radius 2 is 2.00 bits per heavy atom. The summed E-state index contributed by atoms with van der Waals surface area (Å²) >= 11 is 1.64. The van der Waals surface area contributed by atoms with Crippen molar-refractivity contribution in [3.63, 3.8) is 0 Å². The summed E-state index contributed by atoms with van der Waals surface area (Å²) in [6, 6.07) is 0. The number of nitrogens with two attached hydrogens (primary N) is 1. The molecule has 2 fully saturated rings. The zero-order chi connectivity index (χ0) is 14.4. The van der Waals surface area contributed by atoms with Gasteiger partial charge in [-0.05, 0) is 44.4 Å². The molecule has 0 aliphatic heterocycles. The molecule has 6 heteroatoms. The maximum atomic E-state index is 6.68. The highest BCUT2D eigenvalue weighted by molar-refractivity contribution is 7.16. The van der Waals surface area contributed by atoms with Crippen LogP contribution in [0.4, 0.5) is 0 Å². The Kier molecular flexibility index (Phi) is 3.26. The summed E-state index contributed by atoms with van der Waals surface area (Å²) in [5.74, 6) is 2.45. The van der Waals surface area contributed by atoms with Crippen LogP contribution in [0.1, 0.15) is 75.0 Å². The molecule has 21 heavy (non-hydrogen) atoms. The van der Waals surface area contributed by atoms with Gasteiger partial charge in [-0.1, -0.05) is 31.1 Å². The van der Waals surface area contributed by atoms with Gasteiger partial charge in [-0.25, -0.2) is 0 Å². The van der Waals surface area contributed by atoms with Crippen LogP contribution < -0.4 is 5.73 Å². The van der Waals surface area contributed by atoms with Gasteiger partial charge in [0.1, 0.15) is 5.01 Å². The number of hydrogen-bond donors (Lipinski definition) is 1. The van der Waals surface area contributed by atoms with Crippen molar-refractivity contribution in [2.75, 3.05) is 0 Å². The third-order valence-corrected chi connectivity index (χ3v) is 6.60. The first-order valence-electron chi connectivity index (χ1n) is 8.21. The standard InChI is InChI=1S/C15H23N5S/c1-2-10-6-8-15(16,9-7-10)13-19-20-12(11-4-3-5-11)17-18-14(20)21-13/h10-11H,2-9,16H2,1H3. The second kappa shape index (κ2) is 5.02. The van der Waals surface area contributed by atoms with E-state index < -0.39 is 0 Å². The van der Waals surface area contributed by atoms with Gasteiger partial charge in [-0.15, -0.1) is 10.2 Å². The molecule has 4 rings (SSSR count). The van der Waals surface area contributed by atoms with Crippen LogP contribution in [0.15, 0.2) is 0 Å². The molecule has 2 aliphatic carbocycles. The summed E-state index contributed by atoms with van der Waals surface area (Å²) in [6.45, 7) is 2.28. The maximum Gasteiger partial charge on any atom is 0.234 e. The highest BCUT2D eigenvalue weighted by atomic mass is 32.1. The minimum absolute atomic E-state index is 0.242. The SMILES string of the molecule is CCC1CCC(N)(c2nn3c(C4CCC4)nnc3s2)CC1. The smallest absolute Gasteiger partial charge is 0.234 e. The van der Waals surface area contributed by atoms with Crippen molar-refractivity contribution in [1.29, 1.82) is 0 Å². The summed E-state index contributed by atoms with van der Waals surface area (Å²) in [4.78, 5) is 0.911. The van der Waals surface area contributed by atoms with Crippen molar-refractivity contribution in [3.05, 3.63) is 10.8 Å². The van der Waals surface area contributed by atoms with E-state index in [-0.39, 0.29) is 5.54 Å². The summed E-state index contributed by atoms with van der Waals surface area (Å²) in [5.41, 5.74) is 6.44. The molecule has 2 aliphatic rings. The first-order valence-corrected chi connectivity index (χ1v) is 9.03. The van der Waals surface area contributed by atoms with E-state index in [0.717, 1.165) is 34.6 Å². The minimum atomic E-state index is -0.242. The fourth-order valence-electron chi connectivity index (χ4n) is 3.57. The molecular formula is C15H23N5S. The fraction of sp³-hybridized carbons (Fsp3) is 0.800. The highest BCUT2D eigenvalue weighted by Gasteiger charge is 2.37. The van der Waals surface area contributed by atoms with E-state index in [1.54, 1.807) is 11.3 Å². The van der Waals surface area contributed by atoms with E-state index in [2.05, 4.69) is 17.1 Å². The average molecular weight is 305 g/mol. The summed E-state index contributed by atoms with van der Waals surface area (Å²) in [6.07, 6.45) is 9.57. The molecule has 2 aromatic rings. The predicted molar refractivity (Wildman–Crippen MR) is 83.4 cm³/mol. The van der Waals surface area contributed by atoms with Crippen LogP contribution in [0, 0.1) is 5.92 Å². The van der Waals surface area contributed by atoms with Crippen LogP contribution in [0.3, 0.4) is 0 Å². The molecule has 5 nitrogen and oxygen atoms in total. The van der Waals surface area contributed by atoms with Gasteiger partial charge in [0.15, 0.2) is 5.82 Å². The molecule has 2 saturated carbocycles. The lowest BCUT2D eigenvalue weighted by Crippen LogP contribution is -2.40. The van der Waals surface area contributed by atoms with Gasteiger partial charge in [-0.2, -0.15) is 9.61 Å². The van der Waals surface area contributed by atoms with Gasteiger partial charge < -0.3 is 5.73 Å². The van der Waals surface area contributed by atoms with Crippen LogP contribution in [-0.2, 0) is 5.54 Å². The molecule has 2 heterocycles. The minimum Gasteiger partial charge on any atom is -0.319 e. The van der Waals surface area contributed by atoms with Crippen LogP contribution in [-0.4, -0.2) is 19.8 Å². The Labute approximate surface area is 128 Å². The molecule has 0 saturated heterocycles. The number of rotatable bonds is 3. The topological polar surface area (TPSA) is 69.1 Å². The maximum absolute atomic E-state index is 6.68. The monoisotopic (exact) mass is 305 g/mol. The van der Waals surface area contributed by atoms with Gasteiger partial charge in [0.25, 0.3) is 0 Å². The van der Waals surface area contributed by atoms with Crippen molar-refractivity contribution in [2.45, 2.75) is 69.7 Å². The molecular weight excluding hydrogens is 282 g/mol. The predicted octanol–water partition coefficient (Wildman–Crippen LogP) is 3.21. The molecule has 0 radical (unpaired) electrons. The molecule has 114 valence electrons. The van der Waals surface area contributed by atoms with E-state index in [1.165, 1.54) is 38.5 Å². The Morgan fingerprint density at radius 1 is 1.24 bits per heavy atom. The summed E-state index contributed by atoms with van der Waals surface area (Å²) in [7, 11) is 0. The quantitative estimate of drug-likeness (QED) is 0.945. The number of fused-ring (bicyclic) bond motifs is 1. The van der Waals surface area contributed by atoms with Crippen molar-refractivity contribution in [3.8, 4) is 0 Å². The Hall–Kier alpha value is -1.01. The van der Waals surface area contributed by atoms with E-state index in [9.17, 15) is 0 Å². The molecule has 0 bridgehead atoms. The van der Waals surface area contributed by atoms with Crippen molar-refractivity contribution in [2.24, 2.45) is 11.7 Å². The van der Waals surface area contributed by atoms with Crippen molar-refractivity contribution < 1.29 is 0 Å². The lowest BCUT2D eigenvalue weighted by atomic mass is 9.76. The van der Waals surface area contributed by atoms with Gasteiger partial charge in [0, 0.05) is 5.92 Å². The van der Waals surface area contributed by atoms with Gasteiger partial charge in [0.2, 0.25) is 4.96 Å². The molecule has 0 aromatic carbocycles. The Morgan fingerprint density at radius 3 is 2.62 bits per heavy atom. The van der Waals surface area contributed by atoms with Crippen LogP contribution in [0.25, 0.3) is 4.96 Å². The third-order valence-electron chi connectivity index (χ3n) is 5.49. The zero-order valence-electron chi connectivity index (χ0n) is 12.6. The molecule has 2 aromatic heterocycles. The molecule has 0 spiro atoms. The molecule has 2 N–H and O–H groups in total. The normalized spacial score (nSPS) is 30.7. The fourth-order valence-corrected chi connectivity index (χ4v) is 4.57. The first kappa shape index (κ1) is 13.6. The van der Waals surface area contributed by atoms with Gasteiger partial charge >= 0.3 is 0 Å². The van der Waals surface area contributed by atoms with E-state index >= 15 is 0 Å². The van der Waals surface area contributed by atoms with Crippen LogP contribution in [0.2, 0.25) is 0 Å². The lowest BCUT2D eigenvalue weighted by molar-refractivity contribution is 0.229. The number of aromatic nitrogens is 4. The average Bonchev–Trinajstić information content (AvgIpc) is 3.00. The third kappa shape index (κ3) is 2.19. The zero-order valence-corrected chi connectivity index (χ0v) is 13.4. The van der Waals surface area contributed by atoms with Crippen LogP contribution >= 0.6 is 11.3 Å². The Bertz CT molecular complexity index is 634. The van der Waals surface area contributed by atoms with E-state index in [0.29, 0.717) is 5.92 Å². The van der Waals surface area contributed by atoms with E-state index in [1.807, 2.05) is 4.52 Å². The van der Waals surface area contributed by atoms with E-state index in [4.69, 9.17) is 10.8 Å². The summed E-state index contributed by atoms with van der Waals surface area (Å²) < 4.78 is 1.96. The second-order valence-electron chi connectivity index (χ2n) is 6.80. The second-order valence-corrected chi connectivity index (χ2v) is 7.75. The highest BCUT2D eigenvalue weighted by Crippen LogP contribution is 2.41. The first-order chi connectivity index (χ1) is 10.2.